The van der Waals surface area contributed by atoms with Crippen LogP contribution in [0.15, 0.2) is 35.1 Å². The Bertz CT molecular complexity index is 1330. The second-order valence-corrected chi connectivity index (χ2v) is 8.30. The molecule has 2 N–H and O–H groups in total. The standard InChI is InChI=1S/C23H23N3O6S/c27-21(24-11-14-5-6-17-18(8-14)30-12-29-17)4-2-1-3-7-26-22(28)15-9-19-20(32-13-31-19)10-16(15)25-23(26)33/h5-6,8-10H,1-4,7,11-13H2,(H,24,27)(H,25,33). The molecule has 0 radical (unpaired) electrons. The van der Waals surface area contributed by atoms with Crippen molar-refractivity contribution < 1.29 is 23.7 Å². The third-order valence-corrected chi connectivity index (χ3v) is 6.01. The van der Waals surface area contributed by atoms with E-state index in [4.69, 9.17) is 31.2 Å². The Balaban J connectivity index is 1.10. The summed E-state index contributed by atoms with van der Waals surface area (Å²) in [5.41, 5.74) is 1.43. The molecule has 0 spiro atoms. The van der Waals surface area contributed by atoms with E-state index in [2.05, 4.69) is 10.3 Å². The number of unbranched alkanes of at least 4 members (excludes halogenated alkanes) is 2. The zero-order valence-electron chi connectivity index (χ0n) is 17.8. The molecule has 5 rings (SSSR count). The number of benzene rings is 2. The number of nitrogens with one attached hydrogen (secondary N) is 2. The first kappa shape index (κ1) is 21.3. The van der Waals surface area contributed by atoms with Crippen molar-refractivity contribution in [2.24, 2.45) is 0 Å². The van der Waals surface area contributed by atoms with Gasteiger partial charge in [-0.25, -0.2) is 0 Å². The van der Waals surface area contributed by atoms with Gasteiger partial charge < -0.3 is 29.2 Å². The van der Waals surface area contributed by atoms with Gasteiger partial charge in [0.15, 0.2) is 27.8 Å². The topological polar surface area (TPSA) is 104 Å². The number of amides is 1. The van der Waals surface area contributed by atoms with Crippen molar-refractivity contribution in [2.45, 2.75) is 38.8 Å². The molecule has 2 aliphatic rings. The summed E-state index contributed by atoms with van der Waals surface area (Å²) >= 11 is 5.38. The number of carbonyl (C=O) groups excluding carboxylic acids is 1. The van der Waals surface area contributed by atoms with E-state index in [0.717, 1.165) is 30.6 Å². The van der Waals surface area contributed by atoms with Crippen LogP contribution in [0.25, 0.3) is 10.9 Å². The fourth-order valence-corrected chi connectivity index (χ4v) is 4.20. The van der Waals surface area contributed by atoms with E-state index in [-0.39, 0.29) is 25.1 Å². The van der Waals surface area contributed by atoms with Gasteiger partial charge in [0.05, 0.1) is 10.9 Å². The Labute approximate surface area is 194 Å². The summed E-state index contributed by atoms with van der Waals surface area (Å²) < 4.78 is 23.3. The first-order valence-corrected chi connectivity index (χ1v) is 11.2. The Kier molecular flexibility index (Phi) is 5.91. The van der Waals surface area contributed by atoms with Gasteiger partial charge in [0.1, 0.15) is 0 Å². The lowest BCUT2D eigenvalue weighted by atomic mass is 10.1. The molecule has 0 aliphatic carbocycles. The summed E-state index contributed by atoms with van der Waals surface area (Å²) in [6.07, 6.45) is 2.69. The van der Waals surface area contributed by atoms with Gasteiger partial charge in [-0.05, 0) is 48.8 Å². The number of aromatic nitrogens is 2. The molecule has 0 bridgehead atoms. The van der Waals surface area contributed by atoms with E-state index < -0.39 is 0 Å². The molecule has 0 unspecified atom stereocenters. The van der Waals surface area contributed by atoms with Gasteiger partial charge in [-0.15, -0.1) is 0 Å². The van der Waals surface area contributed by atoms with Gasteiger partial charge in [-0.3, -0.25) is 14.2 Å². The molecule has 2 aliphatic heterocycles. The van der Waals surface area contributed by atoms with Crippen molar-refractivity contribution in [2.75, 3.05) is 13.6 Å². The van der Waals surface area contributed by atoms with Gasteiger partial charge in [0.25, 0.3) is 5.56 Å². The average molecular weight is 470 g/mol. The minimum atomic E-state index is -0.159. The maximum absolute atomic E-state index is 12.9. The third kappa shape index (κ3) is 4.51. The fraction of sp³-hybridized carbons (Fsp3) is 0.348. The second-order valence-electron chi connectivity index (χ2n) is 7.91. The molecule has 1 aromatic heterocycles. The number of nitrogens with zero attached hydrogens (tertiary/aromatic N) is 1. The number of ether oxygens (including phenoxy) is 4. The number of carbonyl (C=O) groups is 1. The Morgan fingerprint density at radius 3 is 2.52 bits per heavy atom. The summed E-state index contributed by atoms with van der Waals surface area (Å²) in [4.78, 5) is 28.2. The van der Waals surface area contributed by atoms with E-state index in [1.165, 1.54) is 0 Å². The molecule has 0 atom stereocenters. The van der Waals surface area contributed by atoms with Crippen LogP contribution >= 0.6 is 12.2 Å². The lowest BCUT2D eigenvalue weighted by molar-refractivity contribution is -0.121. The van der Waals surface area contributed by atoms with E-state index in [9.17, 15) is 9.59 Å². The number of H-pyrrole nitrogens is 1. The van der Waals surface area contributed by atoms with E-state index in [1.54, 1.807) is 16.7 Å². The normalized spacial score (nSPS) is 13.5. The van der Waals surface area contributed by atoms with Gasteiger partial charge in [0, 0.05) is 25.6 Å². The lowest BCUT2D eigenvalue weighted by Gasteiger charge is -2.09. The second kappa shape index (κ2) is 9.14. The van der Waals surface area contributed by atoms with Crippen LogP contribution in [-0.4, -0.2) is 29.0 Å². The van der Waals surface area contributed by atoms with E-state index >= 15 is 0 Å². The first-order valence-electron chi connectivity index (χ1n) is 10.8. The highest BCUT2D eigenvalue weighted by Crippen LogP contribution is 2.34. The van der Waals surface area contributed by atoms with Crippen molar-refractivity contribution >= 4 is 29.0 Å². The largest absolute Gasteiger partial charge is 0.454 e. The quantitative estimate of drug-likeness (QED) is 0.385. The zero-order valence-corrected chi connectivity index (χ0v) is 18.7. The Hall–Kier alpha value is -3.53. The van der Waals surface area contributed by atoms with Crippen molar-refractivity contribution in [1.29, 1.82) is 0 Å². The number of aromatic amines is 1. The summed E-state index contributed by atoms with van der Waals surface area (Å²) in [6.45, 7) is 1.30. The monoisotopic (exact) mass is 469 g/mol. The van der Waals surface area contributed by atoms with Crippen LogP contribution in [0.3, 0.4) is 0 Å². The SMILES string of the molecule is O=C(CCCCCn1c(=S)[nH]c2cc3c(cc2c1=O)OCO3)NCc1ccc2c(c1)OCO2. The van der Waals surface area contributed by atoms with Crippen LogP contribution in [-0.2, 0) is 17.9 Å². The third-order valence-electron chi connectivity index (χ3n) is 5.69. The molecule has 2 aromatic carbocycles. The van der Waals surface area contributed by atoms with Crippen molar-refractivity contribution in [3.05, 3.63) is 51.0 Å². The van der Waals surface area contributed by atoms with Crippen molar-refractivity contribution in [3.8, 4) is 23.0 Å². The van der Waals surface area contributed by atoms with E-state index in [0.29, 0.717) is 52.4 Å². The molecule has 3 heterocycles. The van der Waals surface area contributed by atoms with Crippen molar-refractivity contribution in [1.82, 2.24) is 14.9 Å². The van der Waals surface area contributed by atoms with Crippen LogP contribution < -0.4 is 29.8 Å². The summed E-state index contributed by atoms with van der Waals surface area (Å²) in [7, 11) is 0. The number of fused-ring (bicyclic) bond motifs is 3. The molecule has 0 saturated carbocycles. The minimum absolute atomic E-state index is 0.0103. The Morgan fingerprint density at radius 2 is 1.70 bits per heavy atom. The molecular formula is C23H23N3O6S. The molecule has 0 fully saturated rings. The molecule has 10 heteroatoms. The predicted molar refractivity (Wildman–Crippen MR) is 122 cm³/mol. The summed E-state index contributed by atoms with van der Waals surface area (Å²) in [6, 6.07) is 9.05. The van der Waals surface area contributed by atoms with Crippen LogP contribution in [0, 0.1) is 4.77 Å². The first-order chi connectivity index (χ1) is 16.1. The van der Waals surface area contributed by atoms with Gasteiger partial charge in [-0.1, -0.05) is 12.5 Å². The molecule has 172 valence electrons. The molecule has 1 amide bonds. The predicted octanol–water partition coefficient (Wildman–Crippen LogP) is 3.39. The van der Waals surface area contributed by atoms with Crippen LogP contribution in [0.4, 0.5) is 0 Å². The zero-order chi connectivity index (χ0) is 22.8. The molecule has 33 heavy (non-hydrogen) atoms. The van der Waals surface area contributed by atoms with Crippen LogP contribution in [0.5, 0.6) is 23.0 Å². The highest BCUT2D eigenvalue weighted by molar-refractivity contribution is 7.71. The number of rotatable bonds is 8. The van der Waals surface area contributed by atoms with E-state index in [1.807, 2.05) is 18.2 Å². The van der Waals surface area contributed by atoms with Gasteiger partial charge in [0.2, 0.25) is 19.5 Å². The van der Waals surface area contributed by atoms with Gasteiger partial charge in [-0.2, -0.15) is 0 Å². The summed E-state index contributed by atoms with van der Waals surface area (Å²) in [5.74, 6) is 2.57. The smallest absolute Gasteiger partial charge is 0.262 e. The van der Waals surface area contributed by atoms with Crippen LogP contribution in [0.2, 0.25) is 0 Å². The molecule has 0 saturated heterocycles. The molecule has 3 aromatic rings. The Morgan fingerprint density at radius 1 is 0.970 bits per heavy atom. The number of hydrogen-bond donors (Lipinski definition) is 2. The highest BCUT2D eigenvalue weighted by atomic mass is 32.1. The van der Waals surface area contributed by atoms with Crippen LogP contribution in [0.1, 0.15) is 31.2 Å². The lowest BCUT2D eigenvalue weighted by Crippen LogP contribution is -2.23. The summed E-state index contributed by atoms with van der Waals surface area (Å²) in [5, 5.41) is 3.43. The highest BCUT2D eigenvalue weighted by Gasteiger charge is 2.17. The van der Waals surface area contributed by atoms with Gasteiger partial charge >= 0.3 is 0 Å². The minimum Gasteiger partial charge on any atom is -0.454 e. The maximum Gasteiger partial charge on any atom is 0.262 e. The fourth-order valence-electron chi connectivity index (χ4n) is 3.92. The number of hydrogen-bond acceptors (Lipinski definition) is 7. The molecular weight excluding hydrogens is 446 g/mol. The maximum atomic E-state index is 12.9. The van der Waals surface area contributed by atoms with Crippen molar-refractivity contribution in [3.63, 3.8) is 0 Å². The average Bonchev–Trinajstić information content (AvgIpc) is 3.46. The molecule has 9 nitrogen and oxygen atoms in total.